The molecular formula is C15H22N2O. The SMILES string of the molecule is O=C1CCNCCCCC1NCc1ccccc1. The lowest BCUT2D eigenvalue weighted by Gasteiger charge is -2.16. The van der Waals surface area contributed by atoms with Crippen molar-refractivity contribution < 1.29 is 4.79 Å². The Labute approximate surface area is 109 Å². The molecule has 1 heterocycles. The van der Waals surface area contributed by atoms with Crippen LogP contribution in [0.2, 0.25) is 0 Å². The predicted octanol–water partition coefficient (Wildman–Crippen LogP) is 1.88. The number of carbonyl (C=O) groups is 1. The van der Waals surface area contributed by atoms with E-state index in [9.17, 15) is 4.79 Å². The summed E-state index contributed by atoms with van der Waals surface area (Å²) in [6, 6.07) is 10.3. The molecule has 98 valence electrons. The normalized spacial score (nSPS) is 22.0. The maximum absolute atomic E-state index is 12.0. The quantitative estimate of drug-likeness (QED) is 0.855. The number of carbonyl (C=O) groups excluding carboxylic acids is 1. The van der Waals surface area contributed by atoms with Gasteiger partial charge in [-0.2, -0.15) is 0 Å². The van der Waals surface area contributed by atoms with Crippen molar-refractivity contribution in [3.63, 3.8) is 0 Å². The van der Waals surface area contributed by atoms with Crippen LogP contribution in [0.5, 0.6) is 0 Å². The first-order valence-electron chi connectivity index (χ1n) is 6.87. The van der Waals surface area contributed by atoms with Gasteiger partial charge in [0.25, 0.3) is 0 Å². The van der Waals surface area contributed by atoms with E-state index in [1.165, 1.54) is 5.56 Å². The Morgan fingerprint density at radius 2 is 2.00 bits per heavy atom. The number of benzene rings is 1. The Morgan fingerprint density at radius 1 is 1.17 bits per heavy atom. The van der Waals surface area contributed by atoms with Crippen LogP contribution in [-0.2, 0) is 11.3 Å². The van der Waals surface area contributed by atoms with Crippen LogP contribution < -0.4 is 10.6 Å². The molecule has 1 atom stereocenters. The van der Waals surface area contributed by atoms with Gasteiger partial charge in [-0.3, -0.25) is 4.79 Å². The van der Waals surface area contributed by atoms with E-state index in [-0.39, 0.29) is 6.04 Å². The molecule has 1 unspecified atom stereocenters. The van der Waals surface area contributed by atoms with Crippen molar-refractivity contribution in [1.82, 2.24) is 10.6 Å². The summed E-state index contributed by atoms with van der Waals surface area (Å²) in [5, 5.41) is 6.71. The summed E-state index contributed by atoms with van der Waals surface area (Å²) >= 11 is 0. The van der Waals surface area contributed by atoms with Gasteiger partial charge in [0.15, 0.2) is 5.78 Å². The van der Waals surface area contributed by atoms with Crippen LogP contribution in [0.3, 0.4) is 0 Å². The first-order chi connectivity index (χ1) is 8.86. The largest absolute Gasteiger partial charge is 0.316 e. The fourth-order valence-electron chi connectivity index (χ4n) is 2.32. The van der Waals surface area contributed by atoms with Crippen LogP contribution in [0, 0.1) is 0 Å². The lowest BCUT2D eigenvalue weighted by atomic mass is 10.0. The summed E-state index contributed by atoms with van der Waals surface area (Å²) in [6.45, 7) is 2.64. The molecule has 0 radical (unpaired) electrons. The van der Waals surface area contributed by atoms with Crippen molar-refractivity contribution in [2.45, 2.75) is 38.3 Å². The Balaban J connectivity index is 1.86. The average Bonchev–Trinajstić information content (AvgIpc) is 2.50. The van der Waals surface area contributed by atoms with E-state index >= 15 is 0 Å². The molecule has 3 nitrogen and oxygen atoms in total. The number of hydrogen-bond acceptors (Lipinski definition) is 3. The molecule has 1 aromatic carbocycles. The molecule has 1 aromatic rings. The van der Waals surface area contributed by atoms with Gasteiger partial charge in [0.05, 0.1) is 6.04 Å². The topological polar surface area (TPSA) is 41.1 Å². The lowest BCUT2D eigenvalue weighted by Crippen LogP contribution is -2.37. The van der Waals surface area contributed by atoms with E-state index < -0.39 is 0 Å². The molecule has 2 N–H and O–H groups in total. The summed E-state index contributed by atoms with van der Waals surface area (Å²) in [7, 11) is 0. The summed E-state index contributed by atoms with van der Waals surface area (Å²) in [6.07, 6.45) is 3.89. The maximum atomic E-state index is 12.0. The van der Waals surface area contributed by atoms with E-state index in [4.69, 9.17) is 0 Å². The zero-order chi connectivity index (χ0) is 12.6. The van der Waals surface area contributed by atoms with Gasteiger partial charge < -0.3 is 10.6 Å². The summed E-state index contributed by atoms with van der Waals surface area (Å²) < 4.78 is 0. The van der Waals surface area contributed by atoms with E-state index in [1.807, 2.05) is 18.2 Å². The Kier molecular flexibility index (Phi) is 5.36. The minimum Gasteiger partial charge on any atom is -0.316 e. The lowest BCUT2D eigenvalue weighted by molar-refractivity contribution is -0.121. The molecule has 0 aromatic heterocycles. The Bertz CT molecular complexity index is 364. The summed E-state index contributed by atoms with van der Waals surface area (Å²) in [5.41, 5.74) is 1.24. The predicted molar refractivity (Wildman–Crippen MR) is 73.4 cm³/mol. The number of nitrogens with one attached hydrogen (secondary N) is 2. The highest BCUT2D eigenvalue weighted by Gasteiger charge is 2.17. The van der Waals surface area contributed by atoms with E-state index in [0.29, 0.717) is 12.2 Å². The zero-order valence-corrected chi connectivity index (χ0v) is 10.8. The zero-order valence-electron chi connectivity index (χ0n) is 10.8. The molecule has 3 heteroatoms. The van der Waals surface area contributed by atoms with Crippen molar-refractivity contribution in [1.29, 1.82) is 0 Å². The first-order valence-corrected chi connectivity index (χ1v) is 6.87. The molecule has 0 spiro atoms. The van der Waals surface area contributed by atoms with Crippen molar-refractivity contribution in [2.75, 3.05) is 13.1 Å². The molecule has 18 heavy (non-hydrogen) atoms. The number of ketones is 1. The summed E-state index contributed by atoms with van der Waals surface area (Å²) in [5.74, 6) is 0.348. The van der Waals surface area contributed by atoms with Crippen LogP contribution in [-0.4, -0.2) is 24.9 Å². The highest BCUT2D eigenvalue weighted by atomic mass is 16.1. The van der Waals surface area contributed by atoms with Crippen LogP contribution >= 0.6 is 0 Å². The van der Waals surface area contributed by atoms with Gasteiger partial charge in [0.2, 0.25) is 0 Å². The van der Waals surface area contributed by atoms with Gasteiger partial charge in [-0.05, 0) is 24.9 Å². The van der Waals surface area contributed by atoms with E-state index in [1.54, 1.807) is 0 Å². The third kappa shape index (κ3) is 4.24. The standard InChI is InChI=1S/C15H22N2O/c18-15-9-11-16-10-5-4-8-14(15)17-12-13-6-2-1-3-7-13/h1-3,6-7,14,16-17H,4-5,8-12H2. The van der Waals surface area contributed by atoms with Crippen molar-refractivity contribution in [3.05, 3.63) is 35.9 Å². The molecule has 0 amide bonds. The van der Waals surface area contributed by atoms with Gasteiger partial charge in [0, 0.05) is 19.5 Å². The van der Waals surface area contributed by atoms with Crippen LogP contribution in [0.15, 0.2) is 30.3 Å². The second kappa shape index (κ2) is 7.29. The fourth-order valence-corrected chi connectivity index (χ4v) is 2.32. The minimum atomic E-state index is 0.0325. The number of hydrogen-bond donors (Lipinski definition) is 2. The molecule has 0 bridgehead atoms. The van der Waals surface area contributed by atoms with E-state index in [0.717, 1.165) is 38.9 Å². The van der Waals surface area contributed by atoms with Crippen molar-refractivity contribution in [2.24, 2.45) is 0 Å². The molecule has 1 fully saturated rings. The van der Waals surface area contributed by atoms with Gasteiger partial charge in [-0.25, -0.2) is 0 Å². The molecule has 1 aliphatic heterocycles. The highest BCUT2D eigenvalue weighted by molar-refractivity contribution is 5.84. The van der Waals surface area contributed by atoms with Crippen LogP contribution in [0.1, 0.15) is 31.2 Å². The van der Waals surface area contributed by atoms with Crippen molar-refractivity contribution in [3.8, 4) is 0 Å². The van der Waals surface area contributed by atoms with E-state index in [2.05, 4.69) is 22.8 Å². The Morgan fingerprint density at radius 3 is 2.83 bits per heavy atom. The molecule has 0 aliphatic carbocycles. The second-order valence-electron chi connectivity index (χ2n) is 4.88. The smallest absolute Gasteiger partial charge is 0.151 e. The van der Waals surface area contributed by atoms with Crippen LogP contribution in [0.4, 0.5) is 0 Å². The second-order valence-corrected chi connectivity index (χ2v) is 4.88. The fraction of sp³-hybridized carbons (Fsp3) is 0.533. The number of rotatable bonds is 3. The molecule has 0 saturated carbocycles. The van der Waals surface area contributed by atoms with Crippen LogP contribution in [0.25, 0.3) is 0 Å². The number of Topliss-reactive ketones (excluding diaryl/α,β-unsaturated/α-hetero) is 1. The van der Waals surface area contributed by atoms with Gasteiger partial charge in [-0.1, -0.05) is 36.8 Å². The average molecular weight is 246 g/mol. The van der Waals surface area contributed by atoms with Gasteiger partial charge in [-0.15, -0.1) is 0 Å². The third-order valence-corrected chi connectivity index (χ3v) is 3.43. The molecule has 2 rings (SSSR count). The summed E-state index contributed by atoms with van der Waals surface area (Å²) in [4.78, 5) is 12.0. The molecule has 1 saturated heterocycles. The molecule has 1 aliphatic rings. The molecular weight excluding hydrogens is 224 g/mol. The maximum Gasteiger partial charge on any atom is 0.151 e. The Hall–Kier alpha value is -1.19. The van der Waals surface area contributed by atoms with Gasteiger partial charge in [0.1, 0.15) is 0 Å². The van der Waals surface area contributed by atoms with Gasteiger partial charge >= 0.3 is 0 Å². The first kappa shape index (κ1) is 13.2. The minimum absolute atomic E-state index is 0.0325. The monoisotopic (exact) mass is 246 g/mol. The van der Waals surface area contributed by atoms with Crippen molar-refractivity contribution >= 4 is 5.78 Å². The third-order valence-electron chi connectivity index (χ3n) is 3.43. The highest BCUT2D eigenvalue weighted by Crippen LogP contribution is 2.07.